The minimum absolute atomic E-state index is 0.0665. The quantitative estimate of drug-likeness (QED) is 0.745. The van der Waals surface area contributed by atoms with Gasteiger partial charge in [0, 0.05) is 43.7 Å². The predicted molar refractivity (Wildman–Crippen MR) is 108 cm³/mol. The molecule has 1 aromatic carbocycles. The molecule has 1 saturated heterocycles. The fourth-order valence-electron chi connectivity index (χ4n) is 5.42. The van der Waals surface area contributed by atoms with E-state index >= 15 is 0 Å². The number of amides is 1. The number of hydrogen-bond donors (Lipinski definition) is 0. The maximum absolute atomic E-state index is 13.1. The second kappa shape index (κ2) is 7.86. The highest BCUT2D eigenvalue weighted by atomic mass is 16.6. The number of benzene rings is 1. The van der Waals surface area contributed by atoms with Crippen molar-refractivity contribution in [3.8, 4) is 0 Å². The van der Waals surface area contributed by atoms with Crippen molar-refractivity contribution in [3.63, 3.8) is 0 Å². The first-order chi connectivity index (χ1) is 13.6. The molecular weight excluding hydrogens is 352 g/mol. The fraction of sp³-hybridized carbons (Fsp3) is 0.652. The topological polar surface area (TPSA) is 49.9 Å². The molecule has 2 aliphatic heterocycles. The van der Waals surface area contributed by atoms with Gasteiger partial charge in [-0.1, -0.05) is 32.0 Å². The summed E-state index contributed by atoms with van der Waals surface area (Å²) in [5.74, 6) is 0.159. The first kappa shape index (κ1) is 19.4. The Morgan fingerprint density at radius 2 is 1.75 bits per heavy atom. The molecule has 1 amide bonds. The SMILES string of the molecule is CCC(CC)N1CCN(C(=O)C2CCC3(CC2)OC(=O)c2ccccc23)CC1. The lowest BCUT2D eigenvalue weighted by Crippen LogP contribution is -2.53. The van der Waals surface area contributed by atoms with Crippen LogP contribution in [-0.4, -0.2) is 53.9 Å². The van der Waals surface area contributed by atoms with Gasteiger partial charge >= 0.3 is 5.97 Å². The zero-order chi connectivity index (χ0) is 19.7. The van der Waals surface area contributed by atoms with Crippen LogP contribution in [-0.2, 0) is 15.1 Å². The number of carbonyl (C=O) groups excluding carboxylic acids is 2. The Balaban J connectivity index is 1.35. The van der Waals surface area contributed by atoms with Crippen molar-refractivity contribution < 1.29 is 14.3 Å². The van der Waals surface area contributed by atoms with Gasteiger partial charge in [-0.2, -0.15) is 0 Å². The van der Waals surface area contributed by atoms with Crippen molar-refractivity contribution in [2.24, 2.45) is 5.92 Å². The molecule has 2 heterocycles. The molecule has 1 spiro atoms. The van der Waals surface area contributed by atoms with Gasteiger partial charge in [0.1, 0.15) is 5.60 Å². The standard InChI is InChI=1S/C23H32N2O3/c1-3-18(4-2)24-13-15-25(16-14-24)21(26)17-9-11-23(12-10-17)20-8-6-5-7-19(20)22(27)28-23/h5-8,17-18H,3-4,9-16H2,1-2H3. The van der Waals surface area contributed by atoms with Crippen molar-refractivity contribution in [1.29, 1.82) is 0 Å². The average Bonchev–Trinajstić information content (AvgIpc) is 3.01. The number of esters is 1. The van der Waals surface area contributed by atoms with Gasteiger partial charge in [0.2, 0.25) is 5.91 Å². The minimum Gasteiger partial charge on any atom is -0.451 e. The summed E-state index contributed by atoms with van der Waals surface area (Å²) in [4.78, 5) is 29.9. The molecule has 0 radical (unpaired) electrons. The number of rotatable bonds is 4. The van der Waals surface area contributed by atoms with Crippen LogP contribution in [0.15, 0.2) is 24.3 Å². The number of nitrogens with zero attached hydrogens (tertiary/aromatic N) is 2. The molecule has 1 saturated carbocycles. The summed E-state index contributed by atoms with van der Waals surface area (Å²) in [6, 6.07) is 8.36. The lowest BCUT2D eigenvalue weighted by Gasteiger charge is -2.41. The largest absolute Gasteiger partial charge is 0.451 e. The third-order valence-corrected chi connectivity index (χ3v) is 7.15. The van der Waals surface area contributed by atoms with Gasteiger partial charge in [0.05, 0.1) is 5.56 Å². The molecule has 28 heavy (non-hydrogen) atoms. The summed E-state index contributed by atoms with van der Waals surface area (Å²) < 4.78 is 5.83. The molecule has 0 atom stereocenters. The molecule has 0 unspecified atom stereocenters. The normalized spacial score (nSPS) is 27.9. The summed E-state index contributed by atoms with van der Waals surface area (Å²) in [6.45, 7) is 8.15. The van der Waals surface area contributed by atoms with E-state index in [1.165, 1.54) is 12.8 Å². The molecule has 5 nitrogen and oxygen atoms in total. The minimum atomic E-state index is -0.501. The molecule has 4 rings (SSSR count). The van der Waals surface area contributed by atoms with Crippen LogP contribution in [0.2, 0.25) is 0 Å². The van der Waals surface area contributed by atoms with Crippen LogP contribution in [0.25, 0.3) is 0 Å². The molecule has 5 heteroatoms. The average molecular weight is 385 g/mol. The van der Waals surface area contributed by atoms with E-state index < -0.39 is 5.60 Å². The van der Waals surface area contributed by atoms with Gasteiger partial charge in [-0.15, -0.1) is 0 Å². The maximum Gasteiger partial charge on any atom is 0.339 e. The first-order valence-electron chi connectivity index (χ1n) is 10.9. The predicted octanol–water partition coefficient (Wildman–Crippen LogP) is 3.58. The summed E-state index contributed by atoms with van der Waals surface area (Å²) in [7, 11) is 0. The van der Waals surface area contributed by atoms with E-state index in [0.29, 0.717) is 17.5 Å². The van der Waals surface area contributed by atoms with E-state index in [9.17, 15) is 9.59 Å². The Bertz CT molecular complexity index is 727. The molecular formula is C23H32N2O3. The zero-order valence-electron chi connectivity index (χ0n) is 17.2. The maximum atomic E-state index is 13.1. The molecule has 0 N–H and O–H groups in total. The summed E-state index contributed by atoms with van der Waals surface area (Å²) in [5.41, 5.74) is 1.22. The fourth-order valence-corrected chi connectivity index (χ4v) is 5.42. The van der Waals surface area contributed by atoms with Crippen molar-refractivity contribution in [2.75, 3.05) is 26.2 Å². The lowest BCUT2D eigenvalue weighted by atomic mass is 9.74. The summed E-state index contributed by atoms with van der Waals surface area (Å²) >= 11 is 0. The Labute approximate surface area is 168 Å². The zero-order valence-corrected chi connectivity index (χ0v) is 17.2. The molecule has 0 bridgehead atoms. The first-order valence-corrected chi connectivity index (χ1v) is 10.9. The van der Waals surface area contributed by atoms with Crippen LogP contribution in [0.3, 0.4) is 0 Å². The van der Waals surface area contributed by atoms with Gasteiger partial charge in [-0.3, -0.25) is 9.69 Å². The van der Waals surface area contributed by atoms with E-state index in [-0.39, 0.29) is 11.9 Å². The van der Waals surface area contributed by atoms with E-state index in [4.69, 9.17) is 4.74 Å². The molecule has 1 aliphatic carbocycles. The Kier molecular flexibility index (Phi) is 5.46. The van der Waals surface area contributed by atoms with Crippen molar-refractivity contribution >= 4 is 11.9 Å². The van der Waals surface area contributed by atoms with Gasteiger partial charge in [0.25, 0.3) is 0 Å². The summed E-state index contributed by atoms with van der Waals surface area (Å²) in [5, 5.41) is 0. The molecule has 152 valence electrons. The monoisotopic (exact) mass is 384 g/mol. The second-order valence-corrected chi connectivity index (χ2v) is 8.54. The van der Waals surface area contributed by atoms with Crippen LogP contribution >= 0.6 is 0 Å². The van der Waals surface area contributed by atoms with Crippen molar-refractivity contribution in [3.05, 3.63) is 35.4 Å². The van der Waals surface area contributed by atoms with Crippen LogP contribution in [0, 0.1) is 5.92 Å². The van der Waals surface area contributed by atoms with Gasteiger partial charge in [-0.05, 0) is 44.6 Å². The van der Waals surface area contributed by atoms with Crippen molar-refractivity contribution in [2.45, 2.75) is 64.0 Å². The van der Waals surface area contributed by atoms with Crippen LogP contribution < -0.4 is 0 Å². The van der Waals surface area contributed by atoms with Gasteiger partial charge in [-0.25, -0.2) is 4.79 Å². The van der Waals surface area contributed by atoms with Gasteiger partial charge in [0.15, 0.2) is 0 Å². The lowest BCUT2D eigenvalue weighted by molar-refractivity contribution is -0.140. The van der Waals surface area contributed by atoms with E-state index in [0.717, 1.165) is 57.4 Å². The van der Waals surface area contributed by atoms with E-state index in [1.54, 1.807) is 0 Å². The highest BCUT2D eigenvalue weighted by molar-refractivity contribution is 5.94. The molecule has 1 aromatic rings. The Morgan fingerprint density at radius 1 is 1.11 bits per heavy atom. The van der Waals surface area contributed by atoms with E-state index in [2.05, 4.69) is 23.6 Å². The second-order valence-electron chi connectivity index (χ2n) is 8.54. The third kappa shape index (κ3) is 3.34. The Morgan fingerprint density at radius 3 is 2.39 bits per heavy atom. The number of piperazine rings is 1. The van der Waals surface area contributed by atoms with Crippen LogP contribution in [0.4, 0.5) is 0 Å². The molecule has 3 aliphatic rings. The Hall–Kier alpha value is -1.88. The number of ether oxygens (including phenoxy) is 1. The highest BCUT2D eigenvalue weighted by Gasteiger charge is 2.48. The smallest absolute Gasteiger partial charge is 0.339 e. The third-order valence-electron chi connectivity index (χ3n) is 7.15. The summed E-state index contributed by atoms with van der Waals surface area (Å²) in [6.07, 6.45) is 5.45. The van der Waals surface area contributed by atoms with Crippen molar-refractivity contribution in [1.82, 2.24) is 9.80 Å². The van der Waals surface area contributed by atoms with E-state index in [1.807, 2.05) is 24.3 Å². The van der Waals surface area contributed by atoms with Crippen LogP contribution in [0.5, 0.6) is 0 Å². The number of hydrogen-bond acceptors (Lipinski definition) is 4. The van der Waals surface area contributed by atoms with Gasteiger partial charge < -0.3 is 9.64 Å². The molecule has 2 fully saturated rings. The van der Waals surface area contributed by atoms with Crippen LogP contribution in [0.1, 0.15) is 68.3 Å². The molecule has 0 aromatic heterocycles. The number of carbonyl (C=O) groups is 2. The number of fused-ring (bicyclic) bond motifs is 2. The highest BCUT2D eigenvalue weighted by Crippen LogP contribution is 2.48.